The Labute approximate surface area is 187 Å². The van der Waals surface area contributed by atoms with E-state index in [4.69, 9.17) is 25.8 Å². The molecule has 1 aromatic heterocycles. The summed E-state index contributed by atoms with van der Waals surface area (Å²) in [6.07, 6.45) is 0. The van der Waals surface area contributed by atoms with Gasteiger partial charge in [0, 0.05) is 13.1 Å². The number of thioether (sulfide) groups is 1. The average Bonchev–Trinajstić information content (AvgIpc) is 3.11. The number of rotatable bonds is 9. The molecule has 0 radical (unpaired) electrons. The summed E-state index contributed by atoms with van der Waals surface area (Å²) in [5, 5.41) is 11.7. The van der Waals surface area contributed by atoms with E-state index < -0.39 is 5.82 Å². The zero-order valence-electron chi connectivity index (χ0n) is 17.0. The molecule has 31 heavy (non-hydrogen) atoms. The van der Waals surface area contributed by atoms with Gasteiger partial charge in [-0.2, -0.15) is 0 Å². The van der Waals surface area contributed by atoms with E-state index in [2.05, 4.69) is 15.5 Å². The van der Waals surface area contributed by atoms with E-state index in [-0.39, 0.29) is 23.3 Å². The van der Waals surface area contributed by atoms with E-state index in [0.717, 1.165) is 0 Å². The average molecular weight is 467 g/mol. The fourth-order valence-electron chi connectivity index (χ4n) is 2.56. The maximum Gasteiger partial charge on any atom is 0.234 e. The molecule has 11 heteroatoms. The molecule has 164 valence electrons. The Morgan fingerprint density at radius 2 is 1.94 bits per heavy atom. The third kappa shape index (κ3) is 5.80. The highest BCUT2D eigenvalue weighted by molar-refractivity contribution is 7.99. The first-order chi connectivity index (χ1) is 14.9. The molecule has 0 aliphatic rings. The Morgan fingerprint density at radius 1 is 1.16 bits per heavy atom. The van der Waals surface area contributed by atoms with Gasteiger partial charge in [0.2, 0.25) is 5.91 Å². The van der Waals surface area contributed by atoms with Gasteiger partial charge in [0.05, 0.1) is 30.7 Å². The molecular formula is C20H20ClFN4O4S. The highest BCUT2D eigenvalue weighted by atomic mass is 35.5. The van der Waals surface area contributed by atoms with Crippen LogP contribution in [0.25, 0.3) is 0 Å². The van der Waals surface area contributed by atoms with Crippen LogP contribution in [-0.2, 0) is 18.4 Å². The molecule has 3 aromatic rings. The first-order valence-corrected chi connectivity index (χ1v) is 10.4. The number of anilines is 1. The van der Waals surface area contributed by atoms with E-state index in [0.29, 0.717) is 33.9 Å². The zero-order valence-corrected chi connectivity index (χ0v) is 18.6. The van der Waals surface area contributed by atoms with Crippen molar-refractivity contribution >= 4 is 35.0 Å². The van der Waals surface area contributed by atoms with Gasteiger partial charge in [-0.25, -0.2) is 4.39 Å². The van der Waals surface area contributed by atoms with Crippen LogP contribution in [0, 0.1) is 5.82 Å². The lowest BCUT2D eigenvalue weighted by Crippen LogP contribution is -2.15. The number of nitrogens with zero attached hydrogens (tertiary/aromatic N) is 3. The van der Waals surface area contributed by atoms with Crippen LogP contribution in [0.5, 0.6) is 17.2 Å². The summed E-state index contributed by atoms with van der Waals surface area (Å²) in [5.41, 5.74) is 0.510. The molecule has 1 amide bonds. The summed E-state index contributed by atoms with van der Waals surface area (Å²) in [7, 11) is 4.83. The van der Waals surface area contributed by atoms with Crippen LogP contribution in [-0.4, -0.2) is 40.6 Å². The molecular weight excluding hydrogens is 447 g/mol. The second-order valence-electron chi connectivity index (χ2n) is 6.22. The van der Waals surface area contributed by atoms with Crippen LogP contribution < -0.4 is 19.5 Å². The largest absolute Gasteiger partial charge is 0.497 e. The van der Waals surface area contributed by atoms with Crippen molar-refractivity contribution in [2.45, 2.75) is 11.8 Å². The van der Waals surface area contributed by atoms with Gasteiger partial charge >= 0.3 is 0 Å². The minimum Gasteiger partial charge on any atom is -0.497 e. The number of amides is 1. The predicted octanol–water partition coefficient (Wildman–Crippen LogP) is 3.93. The van der Waals surface area contributed by atoms with E-state index >= 15 is 0 Å². The van der Waals surface area contributed by atoms with Crippen LogP contribution in [0.15, 0.2) is 41.6 Å². The first-order valence-electron chi connectivity index (χ1n) is 9.02. The van der Waals surface area contributed by atoms with Crippen LogP contribution in [0.3, 0.4) is 0 Å². The zero-order chi connectivity index (χ0) is 22.4. The van der Waals surface area contributed by atoms with Gasteiger partial charge < -0.3 is 24.1 Å². The van der Waals surface area contributed by atoms with Crippen molar-refractivity contribution in [2.75, 3.05) is 25.3 Å². The van der Waals surface area contributed by atoms with Gasteiger partial charge in [-0.1, -0.05) is 23.4 Å². The van der Waals surface area contributed by atoms with Crippen molar-refractivity contribution in [3.8, 4) is 17.2 Å². The number of halogens is 2. The molecule has 0 unspecified atom stereocenters. The van der Waals surface area contributed by atoms with E-state index in [1.54, 1.807) is 36.9 Å². The third-order valence-electron chi connectivity index (χ3n) is 4.19. The van der Waals surface area contributed by atoms with Crippen molar-refractivity contribution in [3.05, 3.63) is 53.1 Å². The molecule has 0 aliphatic carbocycles. The molecule has 0 saturated heterocycles. The van der Waals surface area contributed by atoms with Crippen molar-refractivity contribution in [3.63, 3.8) is 0 Å². The second kappa shape index (κ2) is 10.4. The minimum absolute atomic E-state index is 0.0859. The summed E-state index contributed by atoms with van der Waals surface area (Å²) >= 11 is 7.18. The smallest absolute Gasteiger partial charge is 0.234 e. The fraction of sp³-hybridized carbons (Fsp3) is 0.250. The standard InChI is InChI=1S/C20H20ClFN4O4S/c1-26-18(10-30-16-6-4-12(22)8-14(16)21)24-25-20(26)31-11-19(27)23-15-9-13(28-2)5-7-17(15)29-3/h4-9H,10-11H2,1-3H3,(H,23,27). The Morgan fingerprint density at radius 3 is 2.65 bits per heavy atom. The Bertz CT molecular complexity index is 1080. The Balaban J connectivity index is 1.58. The summed E-state index contributed by atoms with van der Waals surface area (Å²) < 4.78 is 30.9. The number of carbonyl (C=O) groups excluding carboxylic acids is 1. The van der Waals surface area contributed by atoms with Crippen LogP contribution >= 0.6 is 23.4 Å². The molecule has 0 fully saturated rings. The third-order valence-corrected chi connectivity index (χ3v) is 5.50. The lowest BCUT2D eigenvalue weighted by Gasteiger charge is -2.11. The van der Waals surface area contributed by atoms with Crippen molar-refractivity contribution in [1.82, 2.24) is 14.8 Å². The quantitative estimate of drug-likeness (QED) is 0.478. The van der Waals surface area contributed by atoms with Crippen molar-refractivity contribution < 1.29 is 23.4 Å². The monoisotopic (exact) mass is 466 g/mol. The normalized spacial score (nSPS) is 10.6. The molecule has 0 saturated carbocycles. The highest BCUT2D eigenvalue weighted by Gasteiger charge is 2.14. The van der Waals surface area contributed by atoms with E-state index in [1.165, 1.54) is 37.1 Å². The maximum atomic E-state index is 13.1. The number of hydrogen-bond donors (Lipinski definition) is 1. The van der Waals surface area contributed by atoms with Gasteiger partial charge in [-0.05, 0) is 30.3 Å². The molecule has 0 aliphatic heterocycles. The molecule has 1 heterocycles. The number of methoxy groups -OCH3 is 2. The Hall–Kier alpha value is -2.98. The molecule has 1 N–H and O–H groups in total. The number of aromatic nitrogens is 3. The lowest BCUT2D eigenvalue weighted by atomic mass is 10.2. The van der Waals surface area contributed by atoms with E-state index in [9.17, 15) is 9.18 Å². The number of carbonyl (C=O) groups is 1. The van der Waals surface area contributed by atoms with Crippen LogP contribution in [0.4, 0.5) is 10.1 Å². The number of benzene rings is 2. The Kier molecular flexibility index (Phi) is 7.59. The molecule has 3 rings (SSSR count). The summed E-state index contributed by atoms with van der Waals surface area (Å²) in [5.74, 6) is 1.41. The van der Waals surface area contributed by atoms with Gasteiger partial charge in [0.1, 0.15) is 29.7 Å². The molecule has 0 bridgehead atoms. The van der Waals surface area contributed by atoms with Gasteiger partial charge in [-0.15, -0.1) is 10.2 Å². The molecule has 8 nitrogen and oxygen atoms in total. The predicted molar refractivity (Wildman–Crippen MR) is 116 cm³/mol. The van der Waals surface area contributed by atoms with Crippen molar-refractivity contribution in [1.29, 1.82) is 0 Å². The fourth-order valence-corrected chi connectivity index (χ4v) is 3.51. The van der Waals surface area contributed by atoms with Gasteiger partial charge in [0.25, 0.3) is 0 Å². The van der Waals surface area contributed by atoms with Crippen LogP contribution in [0.2, 0.25) is 5.02 Å². The second-order valence-corrected chi connectivity index (χ2v) is 7.57. The van der Waals surface area contributed by atoms with Gasteiger partial charge in [-0.3, -0.25) is 4.79 Å². The van der Waals surface area contributed by atoms with E-state index in [1.807, 2.05) is 0 Å². The summed E-state index contributed by atoms with van der Waals surface area (Å²) in [6, 6.07) is 9.01. The summed E-state index contributed by atoms with van der Waals surface area (Å²) in [4.78, 5) is 12.4. The minimum atomic E-state index is -0.445. The first kappa shape index (κ1) is 22.7. The van der Waals surface area contributed by atoms with Crippen molar-refractivity contribution in [2.24, 2.45) is 7.05 Å². The number of nitrogens with one attached hydrogen (secondary N) is 1. The van der Waals surface area contributed by atoms with Gasteiger partial charge in [0.15, 0.2) is 11.0 Å². The number of ether oxygens (including phenoxy) is 3. The molecule has 2 aromatic carbocycles. The maximum absolute atomic E-state index is 13.1. The summed E-state index contributed by atoms with van der Waals surface area (Å²) in [6.45, 7) is 0.0859. The highest BCUT2D eigenvalue weighted by Crippen LogP contribution is 2.29. The van der Waals surface area contributed by atoms with Crippen LogP contribution in [0.1, 0.15) is 5.82 Å². The molecule has 0 atom stereocenters. The molecule has 0 spiro atoms. The SMILES string of the molecule is COc1ccc(OC)c(NC(=O)CSc2nnc(COc3ccc(F)cc3Cl)n2C)c1. The topological polar surface area (TPSA) is 87.5 Å². The lowest BCUT2D eigenvalue weighted by molar-refractivity contribution is -0.113. The number of hydrogen-bond acceptors (Lipinski definition) is 7.